The van der Waals surface area contributed by atoms with Gasteiger partial charge in [0.2, 0.25) is 5.91 Å². The molecule has 108 valence electrons. The van der Waals surface area contributed by atoms with E-state index >= 15 is 0 Å². The standard InChI is InChI=1S/C14H17ClN2O3/c1-2-17-7-8-20-14(19)12(17)9-13(18)16-11-6-4-3-5-10(11)15/h3-6,12H,2,7-9H2,1H3,(H,16,18). The topological polar surface area (TPSA) is 58.6 Å². The zero-order chi connectivity index (χ0) is 14.5. The minimum Gasteiger partial charge on any atom is -0.463 e. The largest absolute Gasteiger partial charge is 0.463 e. The first-order chi connectivity index (χ1) is 9.61. The van der Waals surface area contributed by atoms with Gasteiger partial charge in [-0.25, -0.2) is 0 Å². The number of morpholine rings is 1. The molecule has 0 radical (unpaired) electrons. The van der Waals surface area contributed by atoms with E-state index in [2.05, 4.69) is 5.32 Å². The minimum atomic E-state index is -0.517. The predicted octanol–water partition coefficient (Wildman–Crippen LogP) is 1.92. The van der Waals surface area contributed by atoms with Crippen LogP contribution in [0.25, 0.3) is 0 Å². The molecule has 0 saturated carbocycles. The Hall–Kier alpha value is -1.59. The van der Waals surface area contributed by atoms with E-state index in [9.17, 15) is 9.59 Å². The van der Waals surface area contributed by atoms with E-state index < -0.39 is 6.04 Å². The third-order valence-corrected chi connectivity index (χ3v) is 3.60. The number of likely N-dealkylation sites (N-methyl/N-ethyl adjacent to an activating group) is 1. The SMILES string of the molecule is CCN1CCOC(=O)C1CC(=O)Nc1ccccc1Cl. The molecule has 1 N–H and O–H groups in total. The van der Waals surface area contributed by atoms with Gasteiger partial charge >= 0.3 is 5.97 Å². The molecule has 1 saturated heterocycles. The van der Waals surface area contributed by atoms with Gasteiger partial charge in [-0.15, -0.1) is 0 Å². The number of halogens is 1. The van der Waals surface area contributed by atoms with Gasteiger partial charge in [-0.3, -0.25) is 14.5 Å². The number of carbonyl (C=O) groups is 2. The predicted molar refractivity (Wildman–Crippen MR) is 76.7 cm³/mol. The number of esters is 1. The number of amides is 1. The summed E-state index contributed by atoms with van der Waals surface area (Å²) < 4.78 is 5.01. The zero-order valence-electron chi connectivity index (χ0n) is 11.3. The van der Waals surface area contributed by atoms with Gasteiger partial charge in [0.25, 0.3) is 0 Å². The highest BCUT2D eigenvalue weighted by Crippen LogP contribution is 2.21. The summed E-state index contributed by atoms with van der Waals surface area (Å²) in [4.78, 5) is 25.7. The fourth-order valence-corrected chi connectivity index (χ4v) is 2.38. The van der Waals surface area contributed by atoms with Gasteiger partial charge in [0.1, 0.15) is 12.6 Å². The summed E-state index contributed by atoms with van der Waals surface area (Å²) in [5.41, 5.74) is 0.548. The van der Waals surface area contributed by atoms with Crippen LogP contribution in [0.4, 0.5) is 5.69 Å². The number of nitrogens with zero attached hydrogens (tertiary/aromatic N) is 1. The lowest BCUT2D eigenvalue weighted by atomic mass is 10.1. The second-order valence-electron chi connectivity index (χ2n) is 4.54. The maximum atomic E-state index is 12.0. The van der Waals surface area contributed by atoms with E-state index in [0.717, 1.165) is 0 Å². The molecule has 1 aliphatic rings. The second kappa shape index (κ2) is 6.72. The van der Waals surface area contributed by atoms with E-state index in [1.165, 1.54) is 0 Å². The van der Waals surface area contributed by atoms with Crippen molar-refractivity contribution in [2.45, 2.75) is 19.4 Å². The van der Waals surface area contributed by atoms with Crippen molar-refractivity contribution in [3.05, 3.63) is 29.3 Å². The Kier molecular flexibility index (Phi) is 4.98. The van der Waals surface area contributed by atoms with Crippen LogP contribution < -0.4 is 5.32 Å². The molecule has 1 aliphatic heterocycles. The van der Waals surface area contributed by atoms with Gasteiger partial charge in [0.15, 0.2) is 0 Å². The highest BCUT2D eigenvalue weighted by Gasteiger charge is 2.32. The molecule has 0 spiro atoms. The molecule has 6 heteroatoms. The van der Waals surface area contributed by atoms with Crippen LogP contribution in [0.1, 0.15) is 13.3 Å². The average molecular weight is 297 g/mol. The molecule has 1 fully saturated rings. The van der Waals surface area contributed by atoms with Crippen LogP contribution >= 0.6 is 11.6 Å². The lowest BCUT2D eigenvalue weighted by molar-refractivity contribution is -0.158. The Bertz CT molecular complexity index is 507. The van der Waals surface area contributed by atoms with Gasteiger partial charge in [0, 0.05) is 6.54 Å². The van der Waals surface area contributed by atoms with Gasteiger partial charge in [-0.2, -0.15) is 0 Å². The van der Waals surface area contributed by atoms with Gasteiger partial charge in [-0.05, 0) is 18.7 Å². The lowest BCUT2D eigenvalue weighted by Crippen LogP contribution is -2.50. The number of nitrogens with one attached hydrogen (secondary N) is 1. The Morgan fingerprint density at radius 1 is 1.50 bits per heavy atom. The molecule has 1 unspecified atom stereocenters. The Labute approximate surface area is 122 Å². The fraction of sp³-hybridized carbons (Fsp3) is 0.429. The number of para-hydroxylation sites is 1. The summed E-state index contributed by atoms with van der Waals surface area (Å²) >= 11 is 5.98. The number of hydrogen-bond donors (Lipinski definition) is 1. The molecule has 0 aromatic heterocycles. The molecular formula is C14H17ClN2O3. The normalized spacial score (nSPS) is 19.5. The van der Waals surface area contributed by atoms with Crippen LogP contribution in [0.3, 0.4) is 0 Å². The van der Waals surface area contributed by atoms with Crippen molar-refractivity contribution in [1.82, 2.24) is 4.90 Å². The van der Waals surface area contributed by atoms with Crippen LogP contribution in [0.5, 0.6) is 0 Å². The number of ether oxygens (including phenoxy) is 1. The van der Waals surface area contributed by atoms with E-state index in [1.54, 1.807) is 24.3 Å². The van der Waals surface area contributed by atoms with Crippen molar-refractivity contribution in [3.8, 4) is 0 Å². The maximum Gasteiger partial charge on any atom is 0.323 e. The molecule has 1 aromatic carbocycles. The molecule has 0 bridgehead atoms. The van der Waals surface area contributed by atoms with Crippen molar-refractivity contribution in [2.75, 3.05) is 25.0 Å². The number of hydrogen-bond acceptors (Lipinski definition) is 4. The highest BCUT2D eigenvalue weighted by molar-refractivity contribution is 6.33. The van der Waals surface area contributed by atoms with Crippen molar-refractivity contribution in [1.29, 1.82) is 0 Å². The number of anilines is 1. The maximum absolute atomic E-state index is 12.0. The van der Waals surface area contributed by atoms with E-state index in [1.807, 2.05) is 11.8 Å². The van der Waals surface area contributed by atoms with Gasteiger partial charge < -0.3 is 10.1 Å². The van der Waals surface area contributed by atoms with E-state index in [-0.39, 0.29) is 18.3 Å². The molecule has 2 rings (SSSR count). The molecule has 1 atom stereocenters. The molecule has 20 heavy (non-hydrogen) atoms. The molecule has 1 aromatic rings. The van der Waals surface area contributed by atoms with Crippen molar-refractivity contribution in [2.24, 2.45) is 0 Å². The van der Waals surface area contributed by atoms with Crippen molar-refractivity contribution >= 4 is 29.2 Å². The molecule has 1 heterocycles. The number of rotatable bonds is 4. The fourth-order valence-electron chi connectivity index (χ4n) is 2.19. The summed E-state index contributed by atoms with van der Waals surface area (Å²) in [5, 5.41) is 3.19. The van der Waals surface area contributed by atoms with Crippen LogP contribution in [-0.2, 0) is 14.3 Å². The second-order valence-corrected chi connectivity index (χ2v) is 4.95. The molecule has 5 nitrogen and oxygen atoms in total. The van der Waals surface area contributed by atoms with Crippen LogP contribution in [0, 0.1) is 0 Å². The summed E-state index contributed by atoms with van der Waals surface area (Å²) in [6.45, 7) is 3.71. The summed E-state index contributed by atoms with van der Waals surface area (Å²) in [6.07, 6.45) is 0.0674. The monoisotopic (exact) mass is 296 g/mol. The lowest BCUT2D eigenvalue weighted by Gasteiger charge is -2.32. The first kappa shape index (κ1) is 14.8. The Balaban J connectivity index is 2.00. The summed E-state index contributed by atoms with van der Waals surface area (Å²) in [6, 6.07) is 6.47. The Morgan fingerprint density at radius 3 is 2.95 bits per heavy atom. The Morgan fingerprint density at radius 2 is 2.25 bits per heavy atom. The molecule has 1 amide bonds. The van der Waals surface area contributed by atoms with E-state index in [4.69, 9.17) is 16.3 Å². The van der Waals surface area contributed by atoms with Crippen LogP contribution in [-0.4, -0.2) is 42.5 Å². The average Bonchev–Trinajstić information content (AvgIpc) is 2.43. The zero-order valence-corrected chi connectivity index (χ0v) is 12.0. The van der Waals surface area contributed by atoms with Crippen LogP contribution in [0.15, 0.2) is 24.3 Å². The van der Waals surface area contributed by atoms with Gasteiger partial charge in [-0.1, -0.05) is 30.7 Å². The molecule has 0 aliphatic carbocycles. The third-order valence-electron chi connectivity index (χ3n) is 3.27. The third kappa shape index (κ3) is 3.49. The minimum absolute atomic E-state index is 0.0674. The quantitative estimate of drug-likeness (QED) is 0.863. The molecular weight excluding hydrogens is 280 g/mol. The first-order valence-corrected chi connectivity index (χ1v) is 6.94. The smallest absolute Gasteiger partial charge is 0.323 e. The van der Waals surface area contributed by atoms with Crippen molar-refractivity contribution < 1.29 is 14.3 Å². The van der Waals surface area contributed by atoms with Crippen molar-refractivity contribution in [3.63, 3.8) is 0 Å². The van der Waals surface area contributed by atoms with Crippen LogP contribution in [0.2, 0.25) is 5.02 Å². The van der Waals surface area contributed by atoms with E-state index in [0.29, 0.717) is 30.4 Å². The summed E-state index contributed by atoms with van der Waals surface area (Å²) in [7, 11) is 0. The van der Waals surface area contributed by atoms with Gasteiger partial charge in [0.05, 0.1) is 17.1 Å². The number of benzene rings is 1. The highest BCUT2D eigenvalue weighted by atomic mass is 35.5. The number of carbonyl (C=O) groups excluding carboxylic acids is 2. The summed E-state index contributed by atoms with van der Waals surface area (Å²) in [5.74, 6) is -0.590. The number of cyclic esters (lactones) is 1. The first-order valence-electron chi connectivity index (χ1n) is 6.57.